The number of rotatable bonds is 5. The molecule has 0 amide bonds. The van der Waals surface area contributed by atoms with Gasteiger partial charge in [-0.3, -0.25) is 9.80 Å². The van der Waals surface area contributed by atoms with E-state index >= 15 is 0 Å². The Labute approximate surface area is 136 Å². The lowest BCUT2D eigenvalue weighted by Gasteiger charge is -2.37. The lowest BCUT2D eigenvalue weighted by atomic mass is 10.2. The van der Waals surface area contributed by atoms with Crippen LogP contribution in [-0.4, -0.2) is 63.9 Å². The van der Waals surface area contributed by atoms with Crippen LogP contribution in [0.2, 0.25) is 0 Å². The summed E-state index contributed by atoms with van der Waals surface area (Å²) in [7, 11) is 0. The van der Waals surface area contributed by atoms with Crippen molar-refractivity contribution in [1.29, 1.82) is 0 Å². The van der Waals surface area contributed by atoms with Gasteiger partial charge in [0.25, 0.3) is 0 Å². The first-order chi connectivity index (χ1) is 11.1. The maximum absolute atomic E-state index is 9.48. The number of aromatic nitrogens is 2. The van der Waals surface area contributed by atoms with Gasteiger partial charge >= 0.3 is 0 Å². The second-order valence-electron chi connectivity index (χ2n) is 6.18. The highest BCUT2D eigenvalue weighted by molar-refractivity contribution is 5.53. The monoisotopic (exact) mass is 316 g/mol. The van der Waals surface area contributed by atoms with Crippen LogP contribution in [0.25, 0.3) is 11.4 Å². The molecule has 0 saturated carbocycles. The zero-order valence-electron chi connectivity index (χ0n) is 13.7. The first kappa shape index (κ1) is 16.1. The quantitative estimate of drug-likeness (QED) is 0.907. The highest BCUT2D eigenvalue weighted by Crippen LogP contribution is 2.23. The van der Waals surface area contributed by atoms with Crippen LogP contribution in [0.5, 0.6) is 0 Å². The smallest absolute Gasteiger partial charge is 0.244 e. The van der Waals surface area contributed by atoms with Crippen molar-refractivity contribution in [2.24, 2.45) is 0 Å². The van der Waals surface area contributed by atoms with Gasteiger partial charge in [-0.25, -0.2) is 0 Å². The number of β-amino-alcohol motifs (C(OH)–C–C–N with tert-alkyl or cyclic N) is 1. The molecule has 0 spiro atoms. The summed E-state index contributed by atoms with van der Waals surface area (Å²) in [6.07, 6.45) is -0.275. The molecule has 1 fully saturated rings. The second kappa shape index (κ2) is 7.21. The van der Waals surface area contributed by atoms with E-state index < -0.39 is 0 Å². The average Bonchev–Trinajstić information content (AvgIpc) is 3.05. The van der Waals surface area contributed by atoms with Crippen LogP contribution < -0.4 is 0 Å². The number of nitrogens with zero attached hydrogens (tertiary/aromatic N) is 4. The summed E-state index contributed by atoms with van der Waals surface area (Å²) in [4.78, 5) is 9.19. The van der Waals surface area contributed by atoms with Crippen molar-refractivity contribution in [1.82, 2.24) is 19.9 Å². The Balaban J connectivity index is 1.61. The Kier molecular flexibility index (Phi) is 5.05. The van der Waals surface area contributed by atoms with Crippen molar-refractivity contribution in [3.63, 3.8) is 0 Å². The van der Waals surface area contributed by atoms with Gasteiger partial charge in [0.15, 0.2) is 0 Å². The second-order valence-corrected chi connectivity index (χ2v) is 6.18. The molecule has 0 aliphatic carbocycles. The van der Waals surface area contributed by atoms with Crippen molar-refractivity contribution < 1.29 is 9.63 Å². The lowest BCUT2D eigenvalue weighted by Crippen LogP contribution is -2.48. The van der Waals surface area contributed by atoms with Crippen LogP contribution in [0.4, 0.5) is 0 Å². The van der Waals surface area contributed by atoms with E-state index in [1.807, 2.05) is 37.3 Å². The number of hydrogen-bond donors (Lipinski definition) is 1. The molecule has 1 aromatic carbocycles. The number of aliphatic hydroxyl groups excluding tert-OH is 1. The Bertz CT molecular complexity index is 606. The van der Waals surface area contributed by atoms with Crippen LogP contribution in [0.1, 0.15) is 25.8 Å². The highest BCUT2D eigenvalue weighted by Gasteiger charge is 2.26. The fourth-order valence-corrected chi connectivity index (χ4v) is 2.97. The van der Waals surface area contributed by atoms with Crippen molar-refractivity contribution in [2.75, 3.05) is 32.7 Å². The van der Waals surface area contributed by atoms with E-state index in [-0.39, 0.29) is 12.1 Å². The van der Waals surface area contributed by atoms with E-state index in [0.29, 0.717) is 11.7 Å². The molecule has 23 heavy (non-hydrogen) atoms. The van der Waals surface area contributed by atoms with E-state index in [4.69, 9.17) is 4.52 Å². The number of aliphatic hydroxyl groups is 1. The third-order valence-electron chi connectivity index (χ3n) is 4.31. The minimum atomic E-state index is -0.275. The summed E-state index contributed by atoms with van der Waals surface area (Å²) >= 11 is 0. The van der Waals surface area contributed by atoms with Crippen molar-refractivity contribution in [3.8, 4) is 11.4 Å². The van der Waals surface area contributed by atoms with Gasteiger partial charge in [0.2, 0.25) is 11.7 Å². The maximum Gasteiger partial charge on any atom is 0.244 e. The summed E-state index contributed by atoms with van der Waals surface area (Å²) in [5.41, 5.74) is 0.969. The Morgan fingerprint density at radius 3 is 2.48 bits per heavy atom. The minimum absolute atomic E-state index is 0.105. The molecule has 0 radical (unpaired) electrons. The van der Waals surface area contributed by atoms with Crippen LogP contribution in [0.15, 0.2) is 34.9 Å². The van der Waals surface area contributed by atoms with Crippen LogP contribution in [-0.2, 0) is 0 Å². The van der Waals surface area contributed by atoms with Crippen LogP contribution >= 0.6 is 0 Å². The third kappa shape index (κ3) is 3.96. The number of hydrogen-bond acceptors (Lipinski definition) is 6. The van der Waals surface area contributed by atoms with Gasteiger partial charge in [0.05, 0.1) is 12.1 Å². The Morgan fingerprint density at radius 1 is 1.13 bits per heavy atom. The molecule has 0 bridgehead atoms. The summed E-state index contributed by atoms with van der Waals surface area (Å²) in [5, 5.41) is 13.6. The van der Waals surface area contributed by atoms with E-state index in [0.717, 1.165) is 38.3 Å². The fraction of sp³-hybridized carbons (Fsp3) is 0.529. The summed E-state index contributed by atoms with van der Waals surface area (Å²) in [6.45, 7) is 8.46. The molecule has 124 valence electrons. The van der Waals surface area contributed by atoms with Gasteiger partial charge in [0.1, 0.15) is 0 Å². The Hall–Kier alpha value is -1.76. The molecule has 0 unspecified atom stereocenters. The zero-order chi connectivity index (χ0) is 16.2. The van der Waals surface area contributed by atoms with E-state index in [1.54, 1.807) is 0 Å². The molecule has 2 atom stereocenters. The SMILES string of the molecule is C[C@H](c1nc(-c2ccccc2)no1)N1CCN(C[C@@H](C)O)CC1. The van der Waals surface area contributed by atoms with E-state index in [2.05, 4.69) is 26.9 Å². The van der Waals surface area contributed by atoms with Gasteiger partial charge in [-0.15, -0.1) is 0 Å². The molecule has 3 rings (SSSR count). The van der Waals surface area contributed by atoms with Crippen LogP contribution in [0.3, 0.4) is 0 Å². The van der Waals surface area contributed by atoms with Gasteiger partial charge in [-0.05, 0) is 13.8 Å². The first-order valence-corrected chi connectivity index (χ1v) is 8.17. The maximum atomic E-state index is 9.48. The largest absolute Gasteiger partial charge is 0.392 e. The van der Waals surface area contributed by atoms with Crippen molar-refractivity contribution in [2.45, 2.75) is 26.0 Å². The minimum Gasteiger partial charge on any atom is -0.392 e. The fourth-order valence-electron chi connectivity index (χ4n) is 2.97. The molecule has 1 aliphatic rings. The predicted molar refractivity (Wildman–Crippen MR) is 87.8 cm³/mol. The molecular formula is C17H24N4O2. The highest BCUT2D eigenvalue weighted by atomic mass is 16.5. The molecule has 1 saturated heterocycles. The number of benzene rings is 1. The predicted octanol–water partition coefficient (Wildman–Crippen LogP) is 1.80. The summed E-state index contributed by atoms with van der Waals surface area (Å²) in [6, 6.07) is 9.97. The van der Waals surface area contributed by atoms with E-state index in [1.165, 1.54) is 0 Å². The molecule has 6 nitrogen and oxygen atoms in total. The molecule has 2 aromatic rings. The summed E-state index contributed by atoms with van der Waals surface area (Å²) in [5.74, 6) is 1.30. The lowest BCUT2D eigenvalue weighted by molar-refractivity contribution is 0.0582. The normalized spacial score (nSPS) is 19.6. The Morgan fingerprint density at radius 2 is 1.83 bits per heavy atom. The van der Waals surface area contributed by atoms with Gasteiger partial charge < -0.3 is 9.63 Å². The molecule has 1 aliphatic heterocycles. The van der Waals surface area contributed by atoms with Crippen molar-refractivity contribution >= 4 is 0 Å². The van der Waals surface area contributed by atoms with Crippen LogP contribution in [0, 0.1) is 0 Å². The van der Waals surface area contributed by atoms with Gasteiger partial charge in [0, 0.05) is 38.3 Å². The van der Waals surface area contributed by atoms with Gasteiger partial charge in [-0.2, -0.15) is 4.98 Å². The average molecular weight is 316 g/mol. The molecule has 1 aromatic heterocycles. The molecule has 1 N–H and O–H groups in total. The van der Waals surface area contributed by atoms with Gasteiger partial charge in [-0.1, -0.05) is 35.5 Å². The topological polar surface area (TPSA) is 65.6 Å². The first-order valence-electron chi connectivity index (χ1n) is 8.17. The molecule has 2 heterocycles. The van der Waals surface area contributed by atoms with Crippen molar-refractivity contribution in [3.05, 3.63) is 36.2 Å². The third-order valence-corrected chi connectivity index (χ3v) is 4.31. The van der Waals surface area contributed by atoms with E-state index in [9.17, 15) is 5.11 Å². The summed E-state index contributed by atoms with van der Waals surface area (Å²) < 4.78 is 5.47. The standard InChI is InChI=1S/C17H24N4O2/c1-13(22)12-20-8-10-21(11-9-20)14(2)17-18-16(19-23-17)15-6-4-3-5-7-15/h3-7,13-14,22H,8-12H2,1-2H3/t13-,14-/m1/s1. The zero-order valence-corrected chi connectivity index (χ0v) is 13.7. The number of piperazine rings is 1. The molecular weight excluding hydrogens is 292 g/mol. The molecule has 6 heteroatoms.